The van der Waals surface area contributed by atoms with Crippen LogP contribution in [-0.4, -0.2) is 232 Å². The Morgan fingerprint density at radius 1 is 0.517 bits per heavy atom. The maximum absolute atomic E-state index is 15.2. The molecule has 87 heavy (non-hydrogen) atoms. The number of phenolic OH excluding ortho intramolecular Hbond substituents is 1. The van der Waals surface area contributed by atoms with Gasteiger partial charge in [0.2, 0.25) is 65.0 Å². The number of carbonyl (C=O) groups excluding carboxylic acids is 11. The molecule has 24 nitrogen and oxygen atoms in total. The third-order valence-corrected chi connectivity index (χ3v) is 16.3. The molecule has 1 heterocycles. The molecule has 24 heteroatoms. The van der Waals surface area contributed by atoms with Crippen molar-refractivity contribution in [3.63, 3.8) is 0 Å². The lowest BCUT2D eigenvalue weighted by atomic mass is 9.91. The zero-order valence-corrected chi connectivity index (χ0v) is 55.7. The number of aliphatic hydroxyl groups is 1. The van der Waals surface area contributed by atoms with E-state index in [1.807, 2.05) is 41.5 Å². The predicted octanol–water partition coefficient (Wildman–Crippen LogP) is 2.54. The number of carbonyl (C=O) groups is 11. The highest BCUT2D eigenvalue weighted by Gasteiger charge is 2.45. The number of hydrogen-bond donors (Lipinski definition) is 6. The van der Waals surface area contributed by atoms with Crippen LogP contribution in [0.3, 0.4) is 0 Å². The summed E-state index contributed by atoms with van der Waals surface area (Å²) in [5.41, 5.74) is 0.522. The Bertz CT molecular complexity index is 2580. The number of phenols is 1. The summed E-state index contributed by atoms with van der Waals surface area (Å²) in [6.45, 7) is 23.3. The lowest BCUT2D eigenvalue weighted by Crippen LogP contribution is -2.63. The number of benzene rings is 1. The van der Waals surface area contributed by atoms with Crippen LogP contribution in [0.5, 0.6) is 5.75 Å². The van der Waals surface area contributed by atoms with Crippen LogP contribution in [0.2, 0.25) is 0 Å². The molecular formula is C63H105N11O13. The molecule has 0 aliphatic carbocycles. The van der Waals surface area contributed by atoms with Crippen LogP contribution < -0.4 is 21.3 Å². The number of likely N-dealkylation sites (N-methyl/N-ethyl adjacent to an activating group) is 7. The van der Waals surface area contributed by atoms with Gasteiger partial charge in [0.1, 0.15) is 66.2 Å². The van der Waals surface area contributed by atoms with Gasteiger partial charge >= 0.3 is 0 Å². The highest BCUT2D eigenvalue weighted by Crippen LogP contribution is 2.25. The van der Waals surface area contributed by atoms with E-state index in [0.29, 0.717) is 12.0 Å². The van der Waals surface area contributed by atoms with Crippen molar-refractivity contribution in [2.45, 2.75) is 202 Å². The highest BCUT2D eigenvalue weighted by atomic mass is 16.3. The van der Waals surface area contributed by atoms with Crippen LogP contribution >= 0.6 is 0 Å². The molecule has 1 aliphatic heterocycles. The second-order valence-corrected chi connectivity index (χ2v) is 25.3. The highest BCUT2D eigenvalue weighted by molar-refractivity contribution is 5.99. The number of rotatable bonds is 14. The van der Waals surface area contributed by atoms with Crippen molar-refractivity contribution in [3.8, 4) is 5.75 Å². The van der Waals surface area contributed by atoms with E-state index in [4.69, 9.17) is 0 Å². The number of allylic oxidation sites excluding steroid dienone is 2. The van der Waals surface area contributed by atoms with Gasteiger partial charge in [-0.05, 0) is 107 Å². The molecule has 2 rings (SSSR count). The summed E-state index contributed by atoms with van der Waals surface area (Å²) < 4.78 is 0. The Kier molecular flexibility index (Phi) is 30.1. The van der Waals surface area contributed by atoms with Gasteiger partial charge in [-0.25, -0.2) is 0 Å². The Morgan fingerprint density at radius 3 is 1.49 bits per heavy atom. The van der Waals surface area contributed by atoms with Gasteiger partial charge in [0.05, 0.1) is 12.6 Å². The van der Waals surface area contributed by atoms with Crippen molar-refractivity contribution in [3.05, 3.63) is 42.0 Å². The maximum Gasteiger partial charge on any atom is 0.246 e. The quantitative estimate of drug-likeness (QED) is 0.146. The van der Waals surface area contributed by atoms with E-state index in [2.05, 4.69) is 21.3 Å². The second kappa shape index (κ2) is 34.4. The zero-order chi connectivity index (χ0) is 66.8. The normalized spacial score (nSPS) is 26.4. The molecule has 1 aromatic rings. The molecule has 0 saturated carbocycles. The van der Waals surface area contributed by atoms with Crippen LogP contribution in [0.1, 0.15) is 135 Å². The number of aliphatic hydroxyl groups excluding tert-OH is 1. The minimum atomic E-state index is -1.64. The van der Waals surface area contributed by atoms with E-state index < -0.39 is 150 Å². The zero-order valence-electron chi connectivity index (χ0n) is 55.7. The summed E-state index contributed by atoms with van der Waals surface area (Å²) in [5, 5.41) is 33.0. The molecule has 1 saturated heterocycles. The summed E-state index contributed by atoms with van der Waals surface area (Å²) in [4.78, 5) is 168. The minimum Gasteiger partial charge on any atom is -0.508 e. The van der Waals surface area contributed by atoms with E-state index in [1.165, 1.54) is 96.9 Å². The number of nitrogens with one attached hydrogen (secondary N) is 4. The van der Waals surface area contributed by atoms with Crippen molar-refractivity contribution < 1.29 is 63.0 Å². The van der Waals surface area contributed by atoms with Gasteiger partial charge in [-0.2, -0.15) is 0 Å². The van der Waals surface area contributed by atoms with Gasteiger partial charge in [0, 0.05) is 55.8 Å². The maximum atomic E-state index is 15.2. The van der Waals surface area contributed by atoms with E-state index in [9.17, 15) is 53.4 Å². The molecule has 1 aliphatic rings. The molecular weight excluding hydrogens is 1120 g/mol. The smallest absolute Gasteiger partial charge is 0.246 e. The van der Waals surface area contributed by atoms with Crippen molar-refractivity contribution in [2.75, 3.05) is 55.9 Å². The molecule has 1 aromatic carbocycles. The van der Waals surface area contributed by atoms with Gasteiger partial charge in [0.25, 0.3) is 0 Å². The standard InChI is InChI=1S/C63H105N11O13/c1-22-24-25-39(11)53(77)52-57(81)66-45(23-2)59(83)68(15)34-50(76)70(17)47(33-43-26-28-44(75)29-27-43)56(80)67-46(30-35(3)4)60(84)69(16)42(14)55(79)64-40(12)54(78)65-41(13)58(82)71(18)48(31-36(5)6)61(85)72(19)49(32-37(7)8)62(86)73(20)51(38(9)10)63(87)74(52)21/h22,24,26-29,35-42,45-49,51-53,75,77H,23,25,30-34H2,1-21H3,(H,64,79)(H,65,78)(H,66,81)(H,67,80)/b24-22+/t39-,40+,41-,42+,45+,46+,47+,48+,49+,51+,52+,53-/m1/s1. The molecule has 1 fully saturated rings. The SMILES string of the molecule is C/C=C/C[C@@H](C)[C@@H](O)[C@H]1C(=O)N[C@@H](CC)C(=O)N(C)CC(=O)N(C)[C@@H](Cc2ccc(O)cc2)C(=O)N[C@@H](CC(C)C)C(=O)N(C)[C@@H](C)C(=O)N[C@@H](C)C(=O)N[C@H](C)C(=O)N(C)[C@@H](CC(C)C)C(=O)N(C)[C@@H](CC(C)C)C(=O)N(C)[C@@H](C(C)C)C(=O)N1C. The third-order valence-electron chi connectivity index (χ3n) is 16.3. The van der Waals surface area contributed by atoms with Gasteiger partial charge in [-0.3, -0.25) is 52.7 Å². The first-order chi connectivity index (χ1) is 40.4. The van der Waals surface area contributed by atoms with E-state index in [0.717, 1.165) is 19.6 Å². The fraction of sp³-hybridized carbons (Fsp3) is 0.698. The monoisotopic (exact) mass is 1220 g/mol. The van der Waals surface area contributed by atoms with E-state index in [-0.39, 0.29) is 55.6 Å². The fourth-order valence-electron chi connectivity index (χ4n) is 10.6. The average Bonchev–Trinajstić information content (AvgIpc) is 1.31. The van der Waals surface area contributed by atoms with Crippen LogP contribution in [0, 0.1) is 29.6 Å². The molecule has 0 spiro atoms. The minimum absolute atomic E-state index is 0.0101. The molecule has 0 unspecified atom stereocenters. The molecule has 6 N–H and O–H groups in total. The van der Waals surface area contributed by atoms with Crippen molar-refractivity contribution in [1.29, 1.82) is 0 Å². The number of aromatic hydroxyl groups is 1. The van der Waals surface area contributed by atoms with Crippen LogP contribution in [0.25, 0.3) is 0 Å². The summed E-state index contributed by atoms with van der Waals surface area (Å²) in [6.07, 6.45) is 2.58. The average molecular weight is 1220 g/mol. The molecule has 11 amide bonds. The Labute approximate surface area is 516 Å². The first-order valence-electron chi connectivity index (χ1n) is 30.5. The molecule has 12 atom stereocenters. The first-order valence-corrected chi connectivity index (χ1v) is 30.5. The molecule has 0 bridgehead atoms. The van der Waals surface area contributed by atoms with E-state index >= 15 is 9.59 Å². The van der Waals surface area contributed by atoms with Gasteiger partial charge in [-0.1, -0.05) is 93.5 Å². The molecule has 490 valence electrons. The van der Waals surface area contributed by atoms with Crippen LogP contribution in [0.15, 0.2) is 36.4 Å². The lowest BCUT2D eigenvalue weighted by molar-refractivity contribution is -0.157. The van der Waals surface area contributed by atoms with Gasteiger partial charge in [-0.15, -0.1) is 0 Å². The number of hydrogen-bond acceptors (Lipinski definition) is 13. The largest absolute Gasteiger partial charge is 0.508 e. The van der Waals surface area contributed by atoms with Crippen molar-refractivity contribution >= 4 is 65.0 Å². The number of nitrogens with zero attached hydrogens (tertiary/aromatic N) is 7. The Hall–Kier alpha value is -7.11. The summed E-state index contributed by atoms with van der Waals surface area (Å²) in [6, 6.07) is -6.86. The first kappa shape index (κ1) is 76.0. The van der Waals surface area contributed by atoms with Gasteiger partial charge in [0.15, 0.2) is 0 Å². The van der Waals surface area contributed by atoms with E-state index in [1.54, 1.807) is 58.9 Å². The lowest BCUT2D eigenvalue weighted by Gasteiger charge is -2.41. The predicted molar refractivity (Wildman–Crippen MR) is 332 cm³/mol. The Balaban J connectivity index is 2.97. The molecule has 0 aromatic heterocycles. The summed E-state index contributed by atoms with van der Waals surface area (Å²) in [5.74, 6) is -9.69. The summed E-state index contributed by atoms with van der Waals surface area (Å²) in [7, 11) is 9.70. The van der Waals surface area contributed by atoms with Gasteiger partial charge < -0.3 is 65.8 Å². The third kappa shape index (κ3) is 21.0. The van der Waals surface area contributed by atoms with Crippen LogP contribution in [-0.2, 0) is 59.2 Å². The molecule has 0 radical (unpaired) electrons. The van der Waals surface area contributed by atoms with Crippen molar-refractivity contribution in [1.82, 2.24) is 55.6 Å². The second-order valence-electron chi connectivity index (χ2n) is 25.3. The fourth-order valence-corrected chi connectivity index (χ4v) is 10.6. The topological polar surface area (TPSA) is 299 Å². The number of amides is 11. The van der Waals surface area contributed by atoms with Crippen molar-refractivity contribution in [2.24, 2.45) is 29.6 Å². The summed E-state index contributed by atoms with van der Waals surface area (Å²) >= 11 is 0. The van der Waals surface area contributed by atoms with Crippen LogP contribution in [0.4, 0.5) is 0 Å². The Morgan fingerprint density at radius 2 is 1.00 bits per heavy atom.